The molecule has 148 valence electrons. The molecule has 0 aromatic rings. The van der Waals surface area contributed by atoms with Gasteiger partial charge in [0.25, 0.3) is 0 Å². The van der Waals surface area contributed by atoms with Crippen molar-refractivity contribution in [1.29, 1.82) is 0 Å². The van der Waals surface area contributed by atoms with E-state index in [1.165, 1.54) is 36.0 Å². The van der Waals surface area contributed by atoms with Gasteiger partial charge in [-0.25, -0.2) is 0 Å². The predicted octanol–water partition coefficient (Wildman–Crippen LogP) is 7.28. The van der Waals surface area contributed by atoms with Gasteiger partial charge in [0.1, 0.15) is 0 Å². The smallest absolute Gasteiger partial charge is 0.0850 e. The average Bonchev–Trinajstić information content (AvgIpc) is 2.70. The van der Waals surface area contributed by atoms with Crippen molar-refractivity contribution >= 4 is 0 Å². The van der Waals surface area contributed by atoms with Gasteiger partial charge >= 0.3 is 0 Å². The second-order valence-electron chi connectivity index (χ2n) is 6.75. The van der Waals surface area contributed by atoms with Gasteiger partial charge in [0.15, 0.2) is 0 Å². The second kappa shape index (κ2) is 16.0. The van der Waals surface area contributed by atoms with E-state index in [0.29, 0.717) is 5.92 Å². The van der Waals surface area contributed by atoms with E-state index in [-0.39, 0.29) is 0 Å². The Morgan fingerprint density at radius 2 is 1.93 bits per heavy atom. The molecule has 0 aliphatic rings. The minimum absolute atomic E-state index is 0.520. The van der Waals surface area contributed by atoms with Crippen molar-refractivity contribution in [3.05, 3.63) is 72.0 Å². The second-order valence-corrected chi connectivity index (χ2v) is 6.75. The van der Waals surface area contributed by atoms with Crippen molar-refractivity contribution in [3.63, 3.8) is 0 Å². The molecule has 0 aliphatic carbocycles. The van der Waals surface area contributed by atoms with Crippen molar-refractivity contribution in [2.75, 3.05) is 6.54 Å². The Kier molecular flexibility index (Phi) is 14.7. The van der Waals surface area contributed by atoms with Crippen molar-refractivity contribution in [3.8, 4) is 12.3 Å². The van der Waals surface area contributed by atoms with E-state index < -0.39 is 0 Å². The van der Waals surface area contributed by atoms with Gasteiger partial charge in [-0.3, -0.25) is 0 Å². The Morgan fingerprint density at radius 3 is 2.44 bits per heavy atom. The van der Waals surface area contributed by atoms with Crippen molar-refractivity contribution in [2.45, 2.75) is 66.2 Å². The summed E-state index contributed by atoms with van der Waals surface area (Å²) >= 11 is 0. The highest BCUT2D eigenvalue weighted by Gasteiger charge is 2.04. The maximum atomic E-state index is 5.69. The summed E-state index contributed by atoms with van der Waals surface area (Å²) in [6, 6.07) is 0. The van der Waals surface area contributed by atoms with Gasteiger partial charge < -0.3 is 5.32 Å². The largest absolute Gasteiger partial charge is 0.378 e. The standard InChI is InChI=1S/C26H39N/c1-8-14-16-24(15-9-2)21-27-26(13-6)20-18-23(11-4)17-19-25(12-5)22(7)10-3/h6,9,11-12,15,18,20,24,27H,4,7-8,10,14,16-17,19,21H2,1-3,5H3/b15-9-,23-18+,25-12+,26-20+. The molecule has 0 saturated heterocycles. The predicted molar refractivity (Wildman–Crippen MR) is 123 cm³/mol. The van der Waals surface area contributed by atoms with Crippen LogP contribution in [0, 0.1) is 18.3 Å². The van der Waals surface area contributed by atoms with E-state index in [1.807, 2.05) is 12.2 Å². The Balaban J connectivity index is 4.90. The number of unbranched alkanes of at least 4 members (excludes halogenated alkanes) is 1. The van der Waals surface area contributed by atoms with Gasteiger partial charge in [0, 0.05) is 6.54 Å². The molecule has 1 N–H and O–H groups in total. The normalized spacial score (nSPS) is 14.1. The number of nitrogens with one attached hydrogen (secondary N) is 1. The van der Waals surface area contributed by atoms with Crippen molar-refractivity contribution in [1.82, 2.24) is 5.32 Å². The maximum absolute atomic E-state index is 5.69. The highest BCUT2D eigenvalue weighted by atomic mass is 14.9. The third-order valence-electron chi connectivity index (χ3n) is 4.74. The number of hydrogen-bond acceptors (Lipinski definition) is 1. The summed E-state index contributed by atoms with van der Waals surface area (Å²) in [5.41, 5.74) is 4.55. The van der Waals surface area contributed by atoms with Crippen LogP contribution in [0.5, 0.6) is 0 Å². The summed E-state index contributed by atoms with van der Waals surface area (Å²) in [6.45, 7) is 17.5. The molecule has 0 rings (SSSR count). The molecule has 0 heterocycles. The van der Waals surface area contributed by atoms with E-state index in [0.717, 1.165) is 31.5 Å². The first-order valence-electron chi connectivity index (χ1n) is 10.3. The summed E-state index contributed by atoms with van der Waals surface area (Å²) in [4.78, 5) is 0. The Bertz CT molecular complexity index is 605. The third-order valence-corrected chi connectivity index (χ3v) is 4.74. The van der Waals surface area contributed by atoms with Crippen LogP contribution in [0.15, 0.2) is 72.0 Å². The zero-order valence-electron chi connectivity index (χ0n) is 18.0. The molecule has 1 atom stereocenters. The van der Waals surface area contributed by atoms with Crippen LogP contribution in [-0.4, -0.2) is 6.54 Å². The van der Waals surface area contributed by atoms with E-state index in [2.05, 4.69) is 76.4 Å². The first kappa shape index (κ1) is 24.8. The highest BCUT2D eigenvalue weighted by molar-refractivity contribution is 5.34. The molecule has 0 saturated carbocycles. The van der Waals surface area contributed by atoms with Crippen LogP contribution in [0.2, 0.25) is 0 Å². The number of terminal acetylenes is 1. The summed E-state index contributed by atoms with van der Waals surface area (Å²) in [6.07, 6.45) is 24.8. The van der Waals surface area contributed by atoms with Crippen LogP contribution in [-0.2, 0) is 0 Å². The van der Waals surface area contributed by atoms with Crippen molar-refractivity contribution in [2.24, 2.45) is 5.92 Å². The van der Waals surface area contributed by atoms with Crippen LogP contribution >= 0.6 is 0 Å². The van der Waals surface area contributed by atoms with Gasteiger partial charge in [-0.15, -0.1) is 6.42 Å². The molecule has 0 aromatic carbocycles. The lowest BCUT2D eigenvalue weighted by Gasteiger charge is -2.14. The lowest BCUT2D eigenvalue weighted by molar-refractivity contribution is 0.532. The molecule has 1 heteroatoms. The monoisotopic (exact) mass is 365 g/mol. The lowest BCUT2D eigenvalue weighted by atomic mass is 9.97. The molecule has 1 unspecified atom stereocenters. The van der Waals surface area contributed by atoms with Gasteiger partial charge in [0.2, 0.25) is 0 Å². The summed E-state index contributed by atoms with van der Waals surface area (Å²) in [7, 11) is 0. The molecule has 0 aliphatic heterocycles. The maximum Gasteiger partial charge on any atom is 0.0850 e. The SMILES string of the molecule is C#C/C(=C\C=C(/C=C)CC/C(=C\C)C(=C)CC)NCC(/C=C\C)CCCC. The first-order valence-corrected chi connectivity index (χ1v) is 10.3. The zero-order valence-corrected chi connectivity index (χ0v) is 18.0. The fraction of sp³-hybridized carbons (Fsp3) is 0.462. The summed E-state index contributed by atoms with van der Waals surface area (Å²) < 4.78 is 0. The number of hydrogen-bond donors (Lipinski definition) is 1. The topological polar surface area (TPSA) is 12.0 Å². The van der Waals surface area contributed by atoms with E-state index in [4.69, 9.17) is 6.42 Å². The average molecular weight is 366 g/mol. The van der Waals surface area contributed by atoms with Crippen LogP contribution in [0.1, 0.15) is 66.2 Å². The van der Waals surface area contributed by atoms with E-state index in [1.54, 1.807) is 0 Å². The van der Waals surface area contributed by atoms with Gasteiger partial charge in [-0.05, 0) is 62.7 Å². The van der Waals surface area contributed by atoms with Crippen LogP contribution in [0.25, 0.3) is 0 Å². The van der Waals surface area contributed by atoms with Crippen LogP contribution < -0.4 is 5.32 Å². The van der Waals surface area contributed by atoms with E-state index >= 15 is 0 Å². The minimum Gasteiger partial charge on any atom is -0.378 e. The molecule has 1 nitrogen and oxygen atoms in total. The Labute approximate surface area is 168 Å². The number of rotatable bonds is 14. The fourth-order valence-corrected chi connectivity index (χ4v) is 2.88. The molecule has 0 fully saturated rings. The minimum atomic E-state index is 0.520. The molecular formula is C26H39N. The Morgan fingerprint density at radius 1 is 1.19 bits per heavy atom. The Hall–Kier alpha value is -2.20. The molecule has 0 bridgehead atoms. The van der Waals surface area contributed by atoms with E-state index in [9.17, 15) is 0 Å². The fourth-order valence-electron chi connectivity index (χ4n) is 2.88. The molecule has 27 heavy (non-hydrogen) atoms. The highest BCUT2D eigenvalue weighted by Crippen LogP contribution is 2.20. The first-order chi connectivity index (χ1) is 13.1. The summed E-state index contributed by atoms with van der Waals surface area (Å²) in [5, 5.41) is 3.42. The van der Waals surface area contributed by atoms with Gasteiger partial charge in [-0.1, -0.05) is 81.7 Å². The van der Waals surface area contributed by atoms with Crippen LogP contribution in [0.3, 0.4) is 0 Å². The van der Waals surface area contributed by atoms with Gasteiger partial charge in [0.05, 0.1) is 5.70 Å². The lowest BCUT2D eigenvalue weighted by Crippen LogP contribution is -2.20. The quantitative estimate of drug-likeness (QED) is 0.194. The third kappa shape index (κ3) is 11.2. The molecule has 0 aromatic heterocycles. The molecular weight excluding hydrogens is 326 g/mol. The zero-order chi connectivity index (χ0) is 20.5. The molecule has 0 radical (unpaired) electrons. The summed E-state index contributed by atoms with van der Waals surface area (Å²) in [5.74, 6) is 3.28. The molecule has 0 spiro atoms. The van der Waals surface area contributed by atoms with Gasteiger partial charge in [-0.2, -0.15) is 0 Å². The number of allylic oxidation sites excluding steroid dienone is 9. The molecule has 0 amide bonds. The van der Waals surface area contributed by atoms with Crippen LogP contribution in [0.4, 0.5) is 0 Å². The van der Waals surface area contributed by atoms with Crippen molar-refractivity contribution < 1.29 is 0 Å².